The second kappa shape index (κ2) is 8.24. The van der Waals surface area contributed by atoms with Gasteiger partial charge in [0.15, 0.2) is 6.39 Å². The number of hydrogen-bond donors (Lipinski definition) is 0. The first-order chi connectivity index (χ1) is 13.3. The Morgan fingerprint density at radius 1 is 1.04 bits per heavy atom. The van der Waals surface area contributed by atoms with Crippen LogP contribution in [0.3, 0.4) is 0 Å². The van der Waals surface area contributed by atoms with Crippen molar-refractivity contribution in [2.24, 2.45) is 0 Å². The Morgan fingerprint density at radius 3 is 2.63 bits per heavy atom. The van der Waals surface area contributed by atoms with E-state index in [0.29, 0.717) is 6.54 Å². The SMILES string of the molecule is O=c1ccc(-c2cccnc2)nn1CCN1CCN(Cc2cocn2)CC1. The van der Waals surface area contributed by atoms with E-state index in [2.05, 4.69) is 24.9 Å². The molecule has 0 spiro atoms. The summed E-state index contributed by atoms with van der Waals surface area (Å²) < 4.78 is 6.57. The maximum absolute atomic E-state index is 12.1. The highest BCUT2D eigenvalue weighted by Crippen LogP contribution is 2.13. The topological polar surface area (TPSA) is 80.3 Å². The Morgan fingerprint density at radius 2 is 1.89 bits per heavy atom. The normalized spacial score (nSPS) is 15.9. The lowest BCUT2D eigenvalue weighted by Gasteiger charge is -2.34. The van der Waals surface area contributed by atoms with Crippen LogP contribution in [-0.4, -0.2) is 62.3 Å². The Balaban J connectivity index is 1.32. The van der Waals surface area contributed by atoms with Gasteiger partial charge in [-0.15, -0.1) is 0 Å². The molecule has 0 aliphatic carbocycles. The van der Waals surface area contributed by atoms with Gasteiger partial charge in [0, 0.05) is 63.3 Å². The number of rotatable bonds is 6. The lowest BCUT2D eigenvalue weighted by atomic mass is 10.2. The highest BCUT2D eigenvalue weighted by molar-refractivity contribution is 5.56. The molecule has 3 aromatic heterocycles. The molecule has 4 heterocycles. The summed E-state index contributed by atoms with van der Waals surface area (Å²) in [6.07, 6.45) is 6.64. The lowest BCUT2D eigenvalue weighted by Crippen LogP contribution is -2.47. The van der Waals surface area contributed by atoms with E-state index in [4.69, 9.17) is 4.42 Å². The molecule has 0 saturated carbocycles. The summed E-state index contributed by atoms with van der Waals surface area (Å²) in [4.78, 5) is 25.2. The van der Waals surface area contributed by atoms with Gasteiger partial charge in [0.25, 0.3) is 5.56 Å². The molecule has 0 N–H and O–H groups in total. The third-order valence-electron chi connectivity index (χ3n) is 4.79. The maximum atomic E-state index is 12.1. The van der Waals surface area contributed by atoms with Crippen LogP contribution >= 0.6 is 0 Å². The molecule has 0 atom stereocenters. The number of oxazole rings is 1. The summed E-state index contributed by atoms with van der Waals surface area (Å²) in [6.45, 7) is 6.09. The molecule has 0 bridgehead atoms. The first-order valence-corrected chi connectivity index (χ1v) is 9.08. The molecule has 8 nitrogen and oxygen atoms in total. The van der Waals surface area contributed by atoms with Gasteiger partial charge in [-0.25, -0.2) is 9.67 Å². The van der Waals surface area contributed by atoms with Crippen molar-refractivity contribution in [3.8, 4) is 11.3 Å². The van der Waals surface area contributed by atoms with Crippen molar-refractivity contribution in [3.63, 3.8) is 0 Å². The number of nitrogens with zero attached hydrogens (tertiary/aromatic N) is 6. The van der Waals surface area contributed by atoms with Gasteiger partial charge in [0.2, 0.25) is 0 Å². The van der Waals surface area contributed by atoms with Crippen LogP contribution in [0.4, 0.5) is 0 Å². The van der Waals surface area contributed by atoms with E-state index in [9.17, 15) is 4.79 Å². The standard InChI is InChI=1S/C19H22N6O2/c26-19-4-3-18(16-2-1-5-20-12-16)22-25(19)11-10-23-6-8-24(9-7-23)13-17-14-27-15-21-17/h1-5,12,14-15H,6-11,13H2. The Bertz CT molecular complexity index is 901. The predicted octanol–water partition coefficient (Wildman–Crippen LogP) is 1.11. The summed E-state index contributed by atoms with van der Waals surface area (Å²) in [5, 5.41) is 4.50. The lowest BCUT2D eigenvalue weighted by molar-refractivity contribution is 0.121. The largest absolute Gasteiger partial charge is 0.451 e. The smallest absolute Gasteiger partial charge is 0.266 e. The monoisotopic (exact) mass is 366 g/mol. The van der Waals surface area contributed by atoms with Gasteiger partial charge in [-0.05, 0) is 18.2 Å². The van der Waals surface area contributed by atoms with E-state index in [1.807, 2.05) is 12.1 Å². The molecule has 1 saturated heterocycles. The van der Waals surface area contributed by atoms with E-state index in [1.54, 1.807) is 35.5 Å². The summed E-state index contributed by atoms with van der Waals surface area (Å²) >= 11 is 0. The molecule has 0 aromatic carbocycles. The summed E-state index contributed by atoms with van der Waals surface area (Å²) in [6, 6.07) is 7.13. The molecule has 0 amide bonds. The second-order valence-electron chi connectivity index (χ2n) is 6.62. The molecular weight excluding hydrogens is 344 g/mol. The van der Waals surface area contributed by atoms with Crippen LogP contribution in [-0.2, 0) is 13.1 Å². The fraction of sp³-hybridized carbons (Fsp3) is 0.368. The Labute approximate surface area is 157 Å². The fourth-order valence-corrected chi connectivity index (χ4v) is 3.23. The number of piperazine rings is 1. The van der Waals surface area contributed by atoms with Gasteiger partial charge in [-0.2, -0.15) is 5.10 Å². The first-order valence-electron chi connectivity index (χ1n) is 9.08. The average Bonchev–Trinajstić information content (AvgIpc) is 3.22. The van der Waals surface area contributed by atoms with Crippen LogP contribution in [0.15, 0.2) is 58.5 Å². The van der Waals surface area contributed by atoms with Crippen molar-refractivity contribution >= 4 is 0 Å². The second-order valence-corrected chi connectivity index (χ2v) is 6.62. The zero-order valence-electron chi connectivity index (χ0n) is 15.1. The molecule has 8 heteroatoms. The number of hydrogen-bond acceptors (Lipinski definition) is 7. The highest BCUT2D eigenvalue weighted by Gasteiger charge is 2.17. The van der Waals surface area contributed by atoms with Crippen LogP contribution < -0.4 is 5.56 Å². The van der Waals surface area contributed by atoms with Crippen LogP contribution in [0.1, 0.15) is 5.69 Å². The van der Waals surface area contributed by atoms with Gasteiger partial charge in [0.05, 0.1) is 17.9 Å². The number of aromatic nitrogens is 4. The van der Waals surface area contributed by atoms with E-state index in [1.165, 1.54) is 6.39 Å². The summed E-state index contributed by atoms with van der Waals surface area (Å²) in [5.41, 5.74) is 2.56. The van der Waals surface area contributed by atoms with Crippen molar-refractivity contribution in [3.05, 3.63) is 65.4 Å². The van der Waals surface area contributed by atoms with Crippen molar-refractivity contribution in [1.29, 1.82) is 0 Å². The molecule has 140 valence electrons. The minimum Gasteiger partial charge on any atom is -0.451 e. The van der Waals surface area contributed by atoms with Gasteiger partial charge < -0.3 is 4.42 Å². The number of pyridine rings is 1. The van der Waals surface area contributed by atoms with Crippen LogP contribution in [0.2, 0.25) is 0 Å². The van der Waals surface area contributed by atoms with E-state index in [0.717, 1.165) is 56.2 Å². The maximum Gasteiger partial charge on any atom is 0.266 e. The van der Waals surface area contributed by atoms with Crippen LogP contribution in [0.25, 0.3) is 11.3 Å². The van der Waals surface area contributed by atoms with Crippen molar-refractivity contribution in [1.82, 2.24) is 29.5 Å². The zero-order chi connectivity index (χ0) is 18.5. The van der Waals surface area contributed by atoms with Crippen LogP contribution in [0.5, 0.6) is 0 Å². The van der Waals surface area contributed by atoms with Gasteiger partial charge in [-0.3, -0.25) is 19.6 Å². The minimum atomic E-state index is -0.0766. The van der Waals surface area contributed by atoms with E-state index >= 15 is 0 Å². The molecule has 0 unspecified atom stereocenters. The highest BCUT2D eigenvalue weighted by atomic mass is 16.3. The van der Waals surface area contributed by atoms with E-state index < -0.39 is 0 Å². The molecule has 1 aliphatic heterocycles. The third-order valence-corrected chi connectivity index (χ3v) is 4.79. The van der Waals surface area contributed by atoms with Crippen molar-refractivity contribution in [2.45, 2.75) is 13.1 Å². The third kappa shape index (κ3) is 4.47. The van der Waals surface area contributed by atoms with Gasteiger partial charge in [0.1, 0.15) is 6.26 Å². The average molecular weight is 366 g/mol. The minimum absolute atomic E-state index is 0.0766. The zero-order valence-corrected chi connectivity index (χ0v) is 15.1. The molecule has 4 rings (SSSR count). The van der Waals surface area contributed by atoms with E-state index in [-0.39, 0.29) is 5.56 Å². The summed E-state index contributed by atoms with van der Waals surface area (Å²) in [7, 11) is 0. The molecule has 3 aromatic rings. The molecule has 1 aliphatic rings. The predicted molar refractivity (Wildman–Crippen MR) is 99.9 cm³/mol. The molecule has 1 fully saturated rings. The molecule has 0 radical (unpaired) electrons. The van der Waals surface area contributed by atoms with Gasteiger partial charge in [-0.1, -0.05) is 0 Å². The van der Waals surface area contributed by atoms with Crippen molar-refractivity contribution in [2.75, 3.05) is 32.7 Å². The summed E-state index contributed by atoms with van der Waals surface area (Å²) in [5.74, 6) is 0. The Kier molecular flexibility index (Phi) is 5.36. The quantitative estimate of drug-likeness (QED) is 0.646. The fourth-order valence-electron chi connectivity index (χ4n) is 3.23. The molecular formula is C19H22N6O2. The van der Waals surface area contributed by atoms with Crippen molar-refractivity contribution < 1.29 is 4.42 Å². The van der Waals surface area contributed by atoms with Crippen LogP contribution in [0, 0.1) is 0 Å². The Hall–Kier alpha value is -2.84. The first kappa shape index (κ1) is 17.6. The molecule has 27 heavy (non-hydrogen) atoms. The van der Waals surface area contributed by atoms with Gasteiger partial charge >= 0.3 is 0 Å².